The highest BCUT2D eigenvalue weighted by molar-refractivity contribution is 5.89. The van der Waals surface area contributed by atoms with Crippen molar-refractivity contribution in [3.05, 3.63) is 29.8 Å². The van der Waals surface area contributed by atoms with Crippen molar-refractivity contribution in [1.29, 1.82) is 0 Å². The van der Waals surface area contributed by atoms with Crippen LogP contribution in [0.15, 0.2) is 24.3 Å². The molecule has 23 heavy (non-hydrogen) atoms. The van der Waals surface area contributed by atoms with Crippen LogP contribution < -0.4 is 10.6 Å². The molecule has 0 radical (unpaired) electrons. The summed E-state index contributed by atoms with van der Waals surface area (Å²) in [5.74, 6) is 0.592. The first-order chi connectivity index (χ1) is 11.1. The number of hydrogen-bond donors (Lipinski definition) is 2. The van der Waals surface area contributed by atoms with E-state index in [0.29, 0.717) is 18.5 Å². The van der Waals surface area contributed by atoms with E-state index < -0.39 is 0 Å². The molecule has 1 aliphatic heterocycles. The second-order valence-corrected chi connectivity index (χ2v) is 6.59. The molecule has 2 atom stereocenters. The highest BCUT2D eigenvalue weighted by atomic mass is 16.2. The third kappa shape index (κ3) is 3.66. The molecule has 1 aromatic rings. The monoisotopic (exact) mass is 315 g/mol. The zero-order valence-electron chi connectivity index (χ0n) is 13.7. The maximum atomic E-state index is 12.6. The Labute approximate surface area is 137 Å². The molecule has 3 rings (SSSR count). The smallest absolute Gasteiger partial charge is 0.317 e. The molecule has 5 heteroatoms. The molecule has 1 aliphatic carbocycles. The molecule has 0 aromatic heterocycles. The van der Waals surface area contributed by atoms with Crippen LogP contribution >= 0.6 is 0 Å². The maximum absolute atomic E-state index is 12.6. The average Bonchev–Trinajstić information content (AvgIpc) is 3.01. The maximum Gasteiger partial charge on any atom is 0.317 e. The number of carbonyl (C=O) groups is 2. The Kier molecular flexibility index (Phi) is 4.84. The molecule has 124 valence electrons. The van der Waals surface area contributed by atoms with Crippen LogP contribution in [0.3, 0.4) is 0 Å². The zero-order valence-corrected chi connectivity index (χ0v) is 13.7. The van der Waals surface area contributed by atoms with Gasteiger partial charge in [0.25, 0.3) is 0 Å². The van der Waals surface area contributed by atoms with Gasteiger partial charge in [0.2, 0.25) is 5.91 Å². The van der Waals surface area contributed by atoms with Crippen LogP contribution in [0.5, 0.6) is 0 Å². The number of nitrogens with one attached hydrogen (secondary N) is 2. The summed E-state index contributed by atoms with van der Waals surface area (Å²) in [6, 6.07) is 8.04. The van der Waals surface area contributed by atoms with Crippen LogP contribution in [0, 0.1) is 5.92 Å². The minimum Gasteiger partial charge on any atom is -0.334 e. The Morgan fingerprint density at radius 3 is 2.78 bits per heavy atom. The number of amides is 3. The number of nitrogens with zero attached hydrogens (tertiary/aromatic N) is 1. The van der Waals surface area contributed by atoms with Gasteiger partial charge in [-0.3, -0.25) is 4.79 Å². The van der Waals surface area contributed by atoms with Crippen molar-refractivity contribution >= 4 is 17.6 Å². The Bertz CT molecular complexity index is 587. The summed E-state index contributed by atoms with van der Waals surface area (Å²) in [6.45, 7) is 2.78. The van der Waals surface area contributed by atoms with Crippen molar-refractivity contribution in [2.75, 3.05) is 11.9 Å². The first kappa shape index (κ1) is 15.8. The van der Waals surface area contributed by atoms with Gasteiger partial charge in [-0.15, -0.1) is 0 Å². The number of rotatable bonds is 3. The van der Waals surface area contributed by atoms with Gasteiger partial charge in [0.1, 0.15) is 0 Å². The van der Waals surface area contributed by atoms with E-state index in [-0.39, 0.29) is 11.9 Å². The third-order valence-electron chi connectivity index (χ3n) is 5.01. The average molecular weight is 315 g/mol. The molecule has 1 heterocycles. The lowest BCUT2D eigenvalue weighted by molar-refractivity contribution is -0.114. The highest BCUT2D eigenvalue weighted by Crippen LogP contribution is 2.36. The molecule has 0 unspecified atom stereocenters. The van der Waals surface area contributed by atoms with Crippen molar-refractivity contribution in [2.24, 2.45) is 5.92 Å². The molecule has 1 aromatic carbocycles. The van der Waals surface area contributed by atoms with Gasteiger partial charge in [-0.25, -0.2) is 4.79 Å². The van der Waals surface area contributed by atoms with Crippen LogP contribution in [0.1, 0.15) is 44.6 Å². The van der Waals surface area contributed by atoms with Gasteiger partial charge >= 0.3 is 6.03 Å². The molecule has 2 fully saturated rings. The Morgan fingerprint density at radius 2 is 1.96 bits per heavy atom. The van der Waals surface area contributed by atoms with Gasteiger partial charge < -0.3 is 15.5 Å². The first-order valence-electron chi connectivity index (χ1n) is 8.55. The molecule has 1 saturated heterocycles. The molecular weight excluding hydrogens is 290 g/mol. The first-order valence-corrected chi connectivity index (χ1v) is 8.55. The fourth-order valence-corrected chi connectivity index (χ4v) is 3.96. The van der Waals surface area contributed by atoms with Crippen LogP contribution in [0.4, 0.5) is 10.5 Å². The molecule has 2 N–H and O–H groups in total. The Morgan fingerprint density at radius 1 is 1.17 bits per heavy atom. The number of piperidine rings is 1. The predicted molar refractivity (Wildman–Crippen MR) is 90.1 cm³/mol. The van der Waals surface area contributed by atoms with E-state index in [9.17, 15) is 9.59 Å². The number of benzene rings is 1. The number of hydrogen-bond acceptors (Lipinski definition) is 2. The molecule has 0 spiro atoms. The van der Waals surface area contributed by atoms with Crippen molar-refractivity contribution in [1.82, 2.24) is 10.2 Å². The highest BCUT2D eigenvalue weighted by Gasteiger charge is 2.37. The lowest BCUT2D eigenvalue weighted by Gasteiger charge is -2.37. The lowest BCUT2D eigenvalue weighted by atomic mass is 9.92. The number of para-hydroxylation sites is 1. The Balaban J connectivity index is 1.62. The van der Waals surface area contributed by atoms with E-state index in [2.05, 4.69) is 10.6 Å². The van der Waals surface area contributed by atoms with Crippen LogP contribution in [-0.4, -0.2) is 29.4 Å². The summed E-state index contributed by atoms with van der Waals surface area (Å²) in [6.07, 6.45) is 6.02. The van der Waals surface area contributed by atoms with Crippen molar-refractivity contribution in [3.8, 4) is 0 Å². The van der Waals surface area contributed by atoms with Gasteiger partial charge in [-0.1, -0.05) is 24.6 Å². The number of urea groups is 1. The third-order valence-corrected chi connectivity index (χ3v) is 5.01. The summed E-state index contributed by atoms with van der Waals surface area (Å²) in [7, 11) is 0. The van der Waals surface area contributed by atoms with Crippen LogP contribution in [0.2, 0.25) is 0 Å². The Hall–Kier alpha value is -2.04. The summed E-state index contributed by atoms with van der Waals surface area (Å²) in [4.78, 5) is 25.9. The lowest BCUT2D eigenvalue weighted by Crippen LogP contribution is -2.50. The summed E-state index contributed by atoms with van der Waals surface area (Å²) >= 11 is 0. The van der Waals surface area contributed by atoms with Crippen molar-refractivity contribution < 1.29 is 9.59 Å². The molecule has 1 saturated carbocycles. The fraction of sp³-hybridized carbons (Fsp3) is 0.556. The second-order valence-electron chi connectivity index (χ2n) is 6.59. The van der Waals surface area contributed by atoms with Gasteiger partial charge in [0, 0.05) is 31.7 Å². The van der Waals surface area contributed by atoms with Gasteiger partial charge in [0.05, 0.1) is 0 Å². The van der Waals surface area contributed by atoms with Crippen LogP contribution in [-0.2, 0) is 11.3 Å². The van der Waals surface area contributed by atoms with Crippen molar-refractivity contribution in [3.63, 3.8) is 0 Å². The van der Waals surface area contributed by atoms with E-state index in [1.807, 2.05) is 29.2 Å². The van der Waals surface area contributed by atoms with E-state index in [0.717, 1.165) is 30.6 Å². The number of fused-ring (bicyclic) bond motifs is 1. The normalized spacial score (nSPS) is 23.3. The summed E-state index contributed by atoms with van der Waals surface area (Å²) < 4.78 is 0. The second kappa shape index (κ2) is 7.02. The number of carbonyl (C=O) groups excluding carboxylic acids is 2. The molecular formula is C18H25N3O2. The van der Waals surface area contributed by atoms with E-state index in [1.165, 1.54) is 26.2 Å². The number of anilines is 1. The number of likely N-dealkylation sites (tertiary alicyclic amines) is 1. The van der Waals surface area contributed by atoms with Crippen molar-refractivity contribution in [2.45, 2.75) is 51.6 Å². The largest absolute Gasteiger partial charge is 0.334 e. The quantitative estimate of drug-likeness (QED) is 0.900. The van der Waals surface area contributed by atoms with Gasteiger partial charge in [-0.05, 0) is 43.2 Å². The molecule has 2 aliphatic rings. The molecule has 5 nitrogen and oxygen atoms in total. The minimum absolute atomic E-state index is 0.0271. The fourth-order valence-electron chi connectivity index (χ4n) is 3.96. The summed E-state index contributed by atoms with van der Waals surface area (Å²) in [5.41, 5.74) is 1.69. The molecule has 3 amide bonds. The zero-order chi connectivity index (χ0) is 16.2. The van der Waals surface area contributed by atoms with Gasteiger partial charge in [-0.2, -0.15) is 0 Å². The van der Waals surface area contributed by atoms with E-state index >= 15 is 0 Å². The predicted octanol–water partition coefficient (Wildman–Crippen LogP) is 3.12. The standard InChI is InChI=1S/C18H25N3O2/c1-13(22)20-16-9-3-2-6-15(16)12-19-18(23)21-11-5-8-14-7-4-10-17(14)21/h2-3,6,9,14,17H,4-5,7-8,10-12H2,1H3,(H,19,23)(H,20,22)/t14-,17+/m0/s1. The van der Waals surface area contributed by atoms with E-state index in [4.69, 9.17) is 0 Å². The molecule has 0 bridgehead atoms. The van der Waals surface area contributed by atoms with Gasteiger partial charge in [0.15, 0.2) is 0 Å². The SMILES string of the molecule is CC(=O)Nc1ccccc1CNC(=O)N1CCC[C@@H]2CCC[C@H]21. The summed E-state index contributed by atoms with van der Waals surface area (Å²) in [5, 5.41) is 5.84. The van der Waals surface area contributed by atoms with E-state index in [1.54, 1.807) is 0 Å². The minimum atomic E-state index is -0.103. The van der Waals surface area contributed by atoms with Crippen LogP contribution in [0.25, 0.3) is 0 Å². The topological polar surface area (TPSA) is 61.4 Å².